The van der Waals surface area contributed by atoms with E-state index in [1.807, 2.05) is 13.8 Å². The van der Waals surface area contributed by atoms with Crippen LogP contribution in [0.3, 0.4) is 0 Å². The summed E-state index contributed by atoms with van der Waals surface area (Å²) in [4.78, 5) is 11.4. The number of carbonyl (C=O) groups is 1. The maximum absolute atomic E-state index is 11.4. The molecule has 0 aromatic heterocycles. The van der Waals surface area contributed by atoms with Crippen molar-refractivity contribution in [2.24, 2.45) is 5.41 Å². The molecule has 0 radical (unpaired) electrons. The molecule has 0 unspecified atom stereocenters. The number of unbranched alkanes of at least 4 members (excludes halogenated alkanes) is 14. The summed E-state index contributed by atoms with van der Waals surface area (Å²) in [5.74, 6) is 0. The van der Waals surface area contributed by atoms with E-state index in [9.17, 15) is 4.79 Å². The van der Waals surface area contributed by atoms with Gasteiger partial charge in [-0.15, -0.1) is 0 Å². The third-order valence-electron chi connectivity index (χ3n) is 4.94. The molecule has 0 N–H and O–H groups in total. The highest BCUT2D eigenvalue weighted by molar-refractivity contribution is 9.18. The molecule has 0 aromatic carbocycles. The molecule has 0 spiro atoms. The van der Waals surface area contributed by atoms with E-state index in [1.54, 1.807) is 0 Å². The van der Waals surface area contributed by atoms with Gasteiger partial charge >= 0.3 is 0 Å². The molecule has 0 atom stereocenters. The summed E-state index contributed by atoms with van der Waals surface area (Å²) in [6, 6.07) is 0. The minimum absolute atomic E-state index is 0.148. The third-order valence-corrected chi connectivity index (χ3v) is 6.01. The van der Waals surface area contributed by atoms with Crippen molar-refractivity contribution in [2.75, 3.05) is 0 Å². The Labute approximate surface area is 154 Å². The van der Waals surface area contributed by atoms with Crippen molar-refractivity contribution in [2.45, 2.75) is 124 Å². The highest BCUT2D eigenvalue weighted by atomic mass is 79.9. The lowest BCUT2D eigenvalue weighted by Gasteiger charge is -2.19. The Bertz CT molecular complexity index is 273. The molecule has 0 amide bonds. The molecular weight excluding hydrogens is 348 g/mol. The van der Waals surface area contributed by atoms with Crippen LogP contribution >= 0.6 is 15.9 Å². The van der Waals surface area contributed by atoms with E-state index in [4.69, 9.17) is 0 Å². The van der Waals surface area contributed by atoms with Gasteiger partial charge in [-0.1, -0.05) is 117 Å². The largest absolute Gasteiger partial charge is 0.286 e. The van der Waals surface area contributed by atoms with Crippen LogP contribution in [0.15, 0.2) is 0 Å². The van der Waals surface area contributed by atoms with Crippen LogP contribution in [0.2, 0.25) is 0 Å². The second kappa shape index (κ2) is 15.7. The van der Waals surface area contributed by atoms with Crippen molar-refractivity contribution in [3.8, 4) is 0 Å². The molecule has 0 fully saturated rings. The zero-order valence-corrected chi connectivity index (χ0v) is 17.7. The van der Waals surface area contributed by atoms with Crippen LogP contribution in [-0.4, -0.2) is 4.69 Å². The molecule has 0 aromatic rings. The normalized spacial score (nSPS) is 11.8. The van der Waals surface area contributed by atoms with Crippen LogP contribution in [0.5, 0.6) is 0 Å². The summed E-state index contributed by atoms with van der Waals surface area (Å²) in [6.07, 6.45) is 21.9. The van der Waals surface area contributed by atoms with Gasteiger partial charge in [-0.05, 0) is 22.4 Å². The fourth-order valence-electron chi connectivity index (χ4n) is 3.04. The fourth-order valence-corrected chi connectivity index (χ4v) is 3.23. The van der Waals surface area contributed by atoms with Crippen LogP contribution in [0.1, 0.15) is 124 Å². The van der Waals surface area contributed by atoms with Gasteiger partial charge in [-0.25, -0.2) is 0 Å². The molecule has 0 saturated heterocycles. The number of rotatable bonds is 17. The average molecular weight is 389 g/mol. The molecule has 0 bridgehead atoms. The van der Waals surface area contributed by atoms with Crippen LogP contribution in [-0.2, 0) is 4.79 Å². The van der Waals surface area contributed by atoms with Crippen molar-refractivity contribution in [1.82, 2.24) is 0 Å². The SMILES string of the molecule is CCCCCCCCCCCCCCCCCC(C)(C)C(=O)Br. The van der Waals surface area contributed by atoms with Gasteiger partial charge in [0, 0.05) is 5.41 Å². The van der Waals surface area contributed by atoms with E-state index in [0.717, 1.165) is 6.42 Å². The molecule has 0 aliphatic carbocycles. The second-order valence-electron chi connectivity index (χ2n) is 7.86. The van der Waals surface area contributed by atoms with Gasteiger partial charge < -0.3 is 0 Å². The molecule has 0 aliphatic rings. The first-order chi connectivity index (χ1) is 11.0. The quantitative estimate of drug-likeness (QED) is 0.181. The highest BCUT2D eigenvalue weighted by Crippen LogP contribution is 2.27. The maximum atomic E-state index is 11.4. The minimum atomic E-state index is -0.184. The lowest BCUT2D eigenvalue weighted by atomic mass is 9.88. The minimum Gasteiger partial charge on any atom is -0.286 e. The first-order valence-corrected chi connectivity index (χ1v) is 11.0. The summed E-state index contributed by atoms with van der Waals surface area (Å²) in [5, 5.41) is 0. The Balaban J connectivity index is 3.15. The topological polar surface area (TPSA) is 17.1 Å². The summed E-state index contributed by atoms with van der Waals surface area (Å²) < 4.78 is 0.148. The van der Waals surface area contributed by atoms with E-state index in [1.165, 1.54) is 96.3 Å². The van der Waals surface area contributed by atoms with Crippen molar-refractivity contribution in [3.05, 3.63) is 0 Å². The molecule has 0 saturated carbocycles. The Morgan fingerprint density at radius 2 is 0.957 bits per heavy atom. The molecule has 1 nitrogen and oxygen atoms in total. The predicted molar refractivity (Wildman–Crippen MR) is 107 cm³/mol. The van der Waals surface area contributed by atoms with E-state index in [0.29, 0.717) is 0 Å². The van der Waals surface area contributed by atoms with Gasteiger partial charge in [0.2, 0.25) is 4.69 Å². The van der Waals surface area contributed by atoms with E-state index in [-0.39, 0.29) is 10.1 Å². The lowest BCUT2D eigenvalue weighted by molar-refractivity contribution is -0.117. The number of hydrogen-bond acceptors (Lipinski definition) is 1. The van der Waals surface area contributed by atoms with Crippen LogP contribution in [0.4, 0.5) is 0 Å². The Hall–Kier alpha value is 0.150. The molecular formula is C21H41BrO. The van der Waals surface area contributed by atoms with Crippen molar-refractivity contribution in [1.29, 1.82) is 0 Å². The zero-order chi connectivity index (χ0) is 17.4. The second-order valence-corrected chi connectivity index (χ2v) is 8.58. The summed E-state index contributed by atoms with van der Waals surface area (Å²) >= 11 is 3.10. The lowest BCUT2D eigenvalue weighted by Crippen LogP contribution is -2.18. The van der Waals surface area contributed by atoms with Crippen molar-refractivity contribution in [3.63, 3.8) is 0 Å². The number of halogens is 1. The Morgan fingerprint density at radius 3 is 1.26 bits per heavy atom. The van der Waals surface area contributed by atoms with Crippen molar-refractivity contribution >= 4 is 20.6 Å². The molecule has 23 heavy (non-hydrogen) atoms. The fraction of sp³-hybridized carbons (Fsp3) is 0.952. The third kappa shape index (κ3) is 15.4. The smallest absolute Gasteiger partial charge is 0.203 e. The van der Waals surface area contributed by atoms with E-state index in [2.05, 4.69) is 22.9 Å². The first-order valence-electron chi connectivity index (χ1n) is 10.2. The highest BCUT2D eigenvalue weighted by Gasteiger charge is 2.24. The van der Waals surface area contributed by atoms with Crippen LogP contribution < -0.4 is 0 Å². The predicted octanol–water partition coefficient (Wildman–Crippen LogP) is 8.20. The van der Waals surface area contributed by atoms with Crippen LogP contribution in [0, 0.1) is 5.41 Å². The van der Waals surface area contributed by atoms with Gasteiger partial charge in [0.25, 0.3) is 0 Å². The summed E-state index contributed by atoms with van der Waals surface area (Å²) in [7, 11) is 0. The first kappa shape index (κ1) is 23.1. The number of hydrogen-bond donors (Lipinski definition) is 0. The zero-order valence-electron chi connectivity index (χ0n) is 16.1. The van der Waals surface area contributed by atoms with Gasteiger partial charge in [0.1, 0.15) is 0 Å². The molecule has 2 heteroatoms. The molecule has 0 rings (SSSR count). The van der Waals surface area contributed by atoms with Gasteiger partial charge in [-0.2, -0.15) is 0 Å². The van der Waals surface area contributed by atoms with Crippen LogP contribution in [0.25, 0.3) is 0 Å². The molecule has 138 valence electrons. The van der Waals surface area contributed by atoms with Gasteiger partial charge in [-0.3, -0.25) is 4.79 Å². The molecule has 0 aliphatic heterocycles. The summed E-state index contributed by atoms with van der Waals surface area (Å²) in [6.45, 7) is 6.35. The number of carbonyl (C=O) groups excluding carboxylic acids is 1. The van der Waals surface area contributed by atoms with E-state index < -0.39 is 0 Å². The Morgan fingerprint density at radius 1 is 0.652 bits per heavy atom. The standard InChI is InChI=1S/C21H41BrO/c1-4-5-6-7-8-9-10-11-12-13-14-15-16-17-18-19-21(2,3)20(22)23/h4-19H2,1-3H3. The van der Waals surface area contributed by atoms with Gasteiger partial charge in [0.05, 0.1) is 0 Å². The van der Waals surface area contributed by atoms with Gasteiger partial charge in [0.15, 0.2) is 0 Å². The maximum Gasteiger partial charge on any atom is 0.203 e. The van der Waals surface area contributed by atoms with Crippen molar-refractivity contribution < 1.29 is 4.79 Å². The monoisotopic (exact) mass is 388 g/mol. The van der Waals surface area contributed by atoms with E-state index >= 15 is 0 Å². The average Bonchev–Trinajstić information content (AvgIpc) is 2.51. The summed E-state index contributed by atoms with van der Waals surface area (Å²) in [5.41, 5.74) is -0.184. The Kier molecular flexibility index (Phi) is 15.8. The molecule has 0 heterocycles.